The van der Waals surface area contributed by atoms with Gasteiger partial charge in [-0.05, 0) is 38.6 Å². The van der Waals surface area contributed by atoms with E-state index in [1.165, 1.54) is 32.1 Å². The second-order valence-corrected chi connectivity index (χ2v) is 6.00. The molecule has 3 N–H and O–H groups in total. The Hall–Kier alpha value is -0.770. The van der Waals surface area contributed by atoms with Crippen molar-refractivity contribution in [3.8, 4) is 0 Å². The van der Waals surface area contributed by atoms with Crippen molar-refractivity contribution < 1.29 is 5.21 Å². The van der Waals surface area contributed by atoms with E-state index in [-0.39, 0.29) is 0 Å². The third-order valence-electron chi connectivity index (χ3n) is 3.96. The van der Waals surface area contributed by atoms with Gasteiger partial charge in [0.05, 0.1) is 0 Å². The number of rotatable bonds is 7. The van der Waals surface area contributed by atoms with Crippen LogP contribution in [0.3, 0.4) is 0 Å². The van der Waals surface area contributed by atoms with Gasteiger partial charge in [0, 0.05) is 18.5 Å². The van der Waals surface area contributed by atoms with Gasteiger partial charge in [-0.1, -0.05) is 31.8 Å². The molecule has 1 aliphatic carbocycles. The van der Waals surface area contributed by atoms with E-state index < -0.39 is 0 Å². The molecule has 18 heavy (non-hydrogen) atoms. The monoisotopic (exact) mass is 255 g/mol. The highest BCUT2D eigenvalue weighted by atomic mass is 16.4. The van der Waals surface area contributed by atoms with Crippen LogP contribution in [0.2, 0.25) is 0 Å². The molecule has 1 unspecified atom stereocenters. The normalized spacial score (nSPS) is 19.9. The number of hydrogen-bond acceptors (Lipinski definition) is 3. The summed E-state index contributed by atoms with van der Waals surface area (Å²) in [6, 6.07) is 1.06. The summed E-state index contributed by atoms with van der Waals surface area (Å²) < 4.78 is 0. The van der Waals surface area contributed by atoms with Crippen molar-refractivity contribution in [2.24, 2.45) is 16.8 Å². The van der Waals surface area contributed by atoms with Crippen LogP contribution in [0.25, 0.3) is 0 Å². The molecule has 0 saturated heterocycles. The van der Waals surface area contributed by atoms with E-state index in [0.29, 0.717) is 24.3 Å². The summed E-state index contributed by atoms with van der Waals surface area (Å²) in [6.45, 7) is 7.85. The first kappa shape index (κ1) is 15.3. The van der Waals surface area contributed by atoms with Crippen LogP contribution in [0.1, 0.15) is 59.3 Å². The lowest BCUT2D eigenvalue weighted by atomic mass is 10.0. The largest absolute Gasteiger partial charge is 0.409 e. The van der Waals surface area contributed by atoms with E-state index in [2.05, 4.69) is 30.8 Å². The average Bonchev–Trinajstić information content (AvgIpc) is 2.82. The van der Waals surface area contributed by atoms with Crippen LogP contribution in [0.5, 0.6) is 0 Å². The zero-order valence-corrected chi connectivity index (χ0v) is 12.1. The fourth-order valence-corrected chi connectivity index (χ4v) is 2.87. The van der Waals surface area contributed by atoms with Crippen molar-refractivity contribution >= 4 is 5.84 Å². The molecule has 1 fully saturated rings. The number of nitrogens with zero attached hydrogens (tertiary/aromatic N) is 2. The van der Waals surface area contributed by atoms with Gasteiger partial charge >= 0.3 is 0 Å². The summed E-state index contributed by atoms with van der Waals surface area (Å²) in [5.74, 6) is 1.07. The second kappa shape index (κ2) is 7.62. The molecule has 0 aromatic heterocycles. The fraction of sp³-hybridized carbons (Fsp3) is 0.929. The third-order valence-corrected chi connectivity index (χ3v) is 3.96. The molecule has 1 aliphatic rings. The van der Waals surface area contributed by atoms with Crippen molar-refractivity contribution in [2.75, 3.05) is 6.54 Å². The molecule has 4 heteroatoms. The van der Waals surface area contributed by atoms with Crippen LogP contribution in [0.15, 0.2) is 5.16 Å². The quantitative estimate of drug-likeness (QED) is 0.318. The minimum atomic E-state index is 0.343. The highest BCUT2D eigenvalue weighted by Gasteiger charge is 2.26. The molecule has 0 heterocycles. The van der Waals surface area contributed by atoms with Gasteiger partial charge in [-0.25, -0.2) is 0 Å². The summed E-state index contributed by atoms with van der Waals surface area (Å²) in [7, 11) is 0. The van der Waals surface area contributed by atoms with E-state index in [1.54, 1.807) is 0 Å². The third kappa shape index (κ3) is 4.84. The molecule has 1 atom stereocenters. The Balaban J connectivity index is 2.57. The number of nitrogens with two attached hydrogens (primary N) is 1. The van der Waals surface area contributed by atoms with Crippen molar-refractivity contribution in [1.82, 2.24) is 4.90 Å². The maximum atomic E-state index is 8.69. The standard InChI is InChI=1S/C14H29N3O/c1-11(2)8-9-17(13-6-4-5-7-13)12(3)10-14(15)16-18/h11-13,18H,4-10H2,1-3H3,(H2,15,16). The molecule has 0 radical (unpaired) electrons. The van der Waals surface area contributed by atoms with E-state index in [0.717, 1.165) is 12.5 Å². The van der Waals surface area contributed by atoms with Gasteiger partial charge in [0.25, 0.3) is 0 Å². The number of amidine groups is 1. The molecule has 0 bridgehead atoms. The molecule has 106 valence electrons. The Bertz CT molecular complexity index is 260. The minimum Gasteiger partial charge on any atom is -0.409 e. The van der Waals surface area contributed by atoms with Gasteiger partial charge in [0.2, 0.25) is 0 Å². The second-order valence-electron chi connectivity index (χ2n) is 6.00. The molecule has 0 aliphatic heterocycles. The van der Waals surface area contributed by atoms with Gasteiger partial charge in [0.1, 0.15) is 5.84 Å². The van der Waals surface area contributed by atoms with E-state index >= 15 is 0 Å². The predicted octanol–water partition coefficient (Wildman–Crippen LogP) is 2.80. The molecule has 4 nitrogen and oxygen atoms in total. The van der Waals surface area contributed by atoms with Crippen molar-refractivity contribution in [3.05, 3.63) is 0 Å². The Morgan fingerprint density at radius 2 is 1.94 bits per heavy atom. The van der Waals surface area contributed by atoms with Crippen LogP contribution >= 0.6 is 0 Å². The molecule has 1 rings (SSSR count). The van der Waals surface area contributed by atoms with Crippen molar-refractivity contribution in [2.45, 2.75) is 71.4 Å². The summed E-state index contributed by atoms with van der Waals surface area (Å²) in [5, 5.41) is 11.8. The zero-order chi connectivity index (χ0) is 13.5. The van der Waals surface area contributed by atoms with E-state index in [9.17, 15) is 0 Å². The summed E-state index contributed by atoms with van der Waals surface area (Å²) in [6.07, 6.45) is 7.18. The van der Waals surface area contributed by atoms with Crippen LogP contribution in [0.4, 0.5) is 0 Å². The van der Waals surface area contributed by atoms with Gasteiger partial charge in [-0.3, -0.25) is 4.90 Å². The summed E-state index contributed by atoms with van der Waals surface area (Å²) in [4.78, 5) is 2.57. The number of hydrogen-bond donors (Lipinski definition) is 2. The Kier molecular flexibility index (Phi) is 6.47. The topological polar surface area (TPSA) is 61.8 Å². The highest BCUT2D eigenvalue weighted by Crippen LogP contribution is 2.26. The first-order valence-corrected chi connectivity index (χ1v) is 7.26. The Labute approximate surface area is 111 Å². The zero-order valence-electron chi connectivity index (χ0n) is 12.1. The van der Waals surface area contributed by atoms with Crippen LogP contribution in [-0.4, -0.2) is 34.6 Å². The summed E-state index contributed by atoms with van der Waals surface area (Å²) in [5.41, 5.74) is 5.64. The van der Waals surface area contributed by atoms with Crippen molar-refractivity contribution in [3.63, 3.8) is 0 Å². The Morgan fingerprint density at radius 1 is 1.33 bits per heavy atom. The minimum absolute atomic E-state index is 0.343. The molecule has 0 aromatic rings. The average molecular weight is 255 g/mol. The Morgan fingerprint density at radius 3 is 2.44 bits per heavy atom. The smallest absolute Gasteiger partial charge is 0.140 e. The van der Waals surface area contributed by atoms with Gasteiger partial charge in [-0.2, -0.15) is 0 Å². The molecular weight excluding hydrogens is 226 g/mol. The lowest BCUT2D eigenvalue weighted by Gasteiger charge is -2.35. The summed E-state index contributed by atoms with van der Waals surface area (Å²) >= 11 is 0. The fourth-order valence-electron chi connectivity index (χ4n) is 2.87. The first-order chi connectivity index (χ1) is 8.54. The van der Waals surface area contributed by atoms with Gasteiger partial charge in [-0.15, -0.1) is 0 Å². The first-order valence-electron chi connectivity index (χ1n) is 7.26. The number of oxime groups is 1. The highest BCUT2D eigenvalue weighted by molar-refractivity contribution is 5.80. The molecular formula is C14H29N3O. The lowest BCUT2D eigenvalue weighted by molar-refractivity contribution is 0.139. The van der Waals surface area contributed by atoms with Crippen LogP contribution < -0.4 is 5.73 Å². The maximum Gasteiger partial charge on any atom is 0.140 e. The van der Waals surface area contributed by atoms with E-state index in [4.69, 9.17) is 10.9 Å². The van der Waals surface area contributed by atoms with Crippen LogP contribution in [0, 0.1) is 5.92 Å². The van der Waals surface area contributed by atoms with Crippen molar-refractivity contribution in [1.29, 1.82) is 0 Å². The molecule has 1 saturated carbocycles. The van der Waals surface area contributed by atoms with E-state index in [1.807, 2.05) is 0 Å². The van der Waals surface area contributed by atoms with Crippen LogP contribution in [-0.2, 0) is 0 Å². The predicted molar refractivity (Wildman–Crippen MR) is 75.9 cm³/mol. The molecule has 0 amide bonds. The molecule has 0 aromatic carbocycles. The molecule has 0 spiro atoms. The van der Waals surface area contributed by atoms with Gasteiger partial charge in [0.15, 0.2) is 0 Å². The lowest BCUT2D eigenvalue weighted by Crippen LogP contribution is -2.43. The van der Waals surface area contributed by atoms with Gasteiger partial charge < -0.3 is 10.9 Å². The maximum absolute atomic E-state index is 8.69. The SMILES string of the molecule is CC(C)CCN(C(C)CC(N)=NO)C1CCCC1.